The molecule has 0 spiro atoms. The fraction of sp³-hybridized carbons (Fsp3) is 0. The number of nitro benzene ring substituents is 1. The van der Waals surface area contributed by atoms with Crippen LogP contribution >= 0.6 is 11.6 Å². The Hall–Kier alpha value is -2.79. The van der Waals surface area contributed by atoms with E-state index in [2.05, 4.69) is 0 Å². The fourth-order valence-electron chi connectivity index (χ4n) is 2.35. The number of nitro groups is 1. The largest absolute Gasteiger partial charge is 0.289 e. The zero-order valence-electron chi connectivity index (χ0n) is 11.1. The number of carbonyl (C=O) groups is 2. The van der Waals surface area contributed by atoms with Gasteiger partial charge in [0, 0.05) is 23.3 Å². The smallest absolute Gasteiger partial charge is 0.269 e. The van der Waals surface area contributed by atoms with Crippen molar-refractivity contribution in [1.29, 1.82) is 0 Å². The molecule has 1 aliphatic carbocycles. The molecule has 0 aromatic heterocycles. The van der Waals surface area contributed by atoms with Crippen LogP contribution in [0, 0.1) is 10.1 Å². The molecule has 22 heavy (non-hydrogen) atoms. The van der Waals surface area contributed by atoms with Gasteiger partial charge in [-0.1, -0.05) is 35.9 Å². The van der Waals surface area contributed by atoms with Gasteiger partial charge < -0.3 is 0 Å². The van der Waals surface area contributed by atoms with E-state index in [0.29, 0.717) is 5.56 Å². The predicted octanol–water partition coefficient (Wildman–Crippen LogP) is 3.62. The summed E-state index contributed by atoms with van der Waals surface area (Å²) in [7, 11) is 0. The molecular formula is C16H8ClNO4. The summed E-state index contributed by atoms with van der Waals surface area (Å²) in [6.07, 6.45) is 0. The van der Waals surface area contributed by atoms with Crippen molar-refractivity contribution in [2.75, 3.05) is 0 Å². The highest BCUT2D eigenvalue weighted by Crippen LogP contribution is 2.34. The van der Waals surface area contributed by atoms with Crippen molar-refractivity contribution in [1.82, 2.24) is 0 Å². The van der Waals surface area contributed by atoms with E-state index in [1.54, 1.807) is 24.3 Å². The molecule has 3 rings (SSSR count). The molecule has 0 atom stereocenters. The van der Waals surface area contributed by atoms with Crippen LogP contribution in [0.5, 0.6) is 0 Å². The van der Waals surface area contributed by atoms with Crippen molar-refractivity contribution >= 4 is 34.4 Å². The highest BCUT2D eigenvalue weighted by Gasteiger charge is 2.31. The van der Waals surface area contributed by atoms with E-state index < -0.39 is 10.7 Å². The van der Waals surface area contributed by atoms with Crippen LogP contribution in [0.3, 0.4) is 0 Å². The van der Waals surface area contributed by atoms with E-state index in [0.717, 1.165) is 0 Å². The summed E-state index contributed by atoms with van der Waals surface area (Å²) in [5.41, 5.74) is 0.896. The Morgan fingerprint density at radius 2 is 1.41 bits per heavy atom. The summed E-state index contributed by atoms with van der Waals surface area (Å²) in [4.78, 5) is 35.0. The number of Topliss-reactive ketones (excluding diaryl/α,β-unsaturated/α-hetero) is 2. The van der Waals surface area contributed by atoms with Crippen molar-refractivity contribution in [3.63, 3.8) is 0 Å². The van der Waals surface area contributed by atoms with Crippen LogP contribution in [-0.4, -0.2) is 16.5 Å². The van der Waals surface area contributed by atoms with Gasteiger partial charge in [-0.25, -0.2) is 0 Å². The number of hydrogen-bond acceptors (Lipinski definition) is 4. The van der Waals surface area contributed by atoms with Crippen LogP contribution in [0.2, 0.25) is 0 Å². The predicted molar refractivity (Wildman–Crippen MR) is 81.0 cm³/mol. The maximum Gasteiger partial charge on any atom is 0.269 e. The SMILES string of the molecule is O=C1C(Cl)=C(c2ccc([N+](=O)[O-])cc2)C(=O)c2ccccc21. The molecule has 5 nitrogen and oxygen atoms in total. The molecule has 0 bridgehead atoms. The number of non-ortho nitro benzene ring substituents is 1. The molecule has 2 aromatic carbocycles. The van der Waals surface area contributed by atoms with E-state index in [4.69, 9.17) is 11.6 Å². The minimum Gasteiger partial charge on any atom is -0.289 e. The summed E-state index contributed by atoms with van der Waals surface area (Å²) in [5.74, 6) is -0.792. The van der Waals surface area contributed by atoms with Crippen molar-refractivity contribution < 1.29 is 14.5 Å². The lowest BCUT2D eigenvalue weighted by molar-refractivity contribution is -0.384. The third kappa shape index (κ3) is 2.12. The van der Waals surface area contributed by atoms with Gasteiger partial charge in [0.25, 0.3) is 5.69 Å². The standard InChI is InChI=1S/C16H8ClNO4/c17-14-13(9-5-7-10(8-6-9)18(21)22)15(19)11-3-1-2-4-12(11)16(14)20/h1-8H. The number of fused-ring (bicyclic) bond motifs is 1. The number of hydrogen-bond donors (Lipinski definition) is 0. The molecule has 0 saturated heterocycles. The van der Waals surface area contributed by atoms with Crippen LogP contribution in [0.25, 0.3) is 5.57 Å². The molecule has 0 N–H and O–H groups in total. The van der Waals surface area contributed by atoms with Gasteiger partial charge in [-0.2, -0.15) is 0 Å². The van der Waals surface area contributed by atoms with E-state index in [9.17, 15) is 19.7 Å². The molecule has 0 radical (unpaired) electrons. The number of rotatable bonds is 2. The highest BCUT2D eigenvalue weighted by atomic mass is 35.5. The topological polar surface area (TPSA) is 77.3 Å². The third-order valence-electron chi connectivity index (χ3n) is 3.43. The van der Waals surface area contributed by atoms with Crippen LogP contribution in [0.4, 0.5) is 5.69 Å². The Kier molecular flexibility index (Phi) is 3.35. The van der Waals surface area contributed by atoms with Crippen LogP contribution < -0.4 is 0 Å². The molecular weight excluding hydrogens is 306 g/mol. The lowest BCUT2D eigenvalue weighted by Gasteiger charge is -2.17. The number of nitrogens with zero attached hydrogens (tertiary/aromatic N) is 1. The fourth-order valence-corrected chi connectivity index (χ4v) is 2.65. The van der Waals surface area contributed by atoms with Gasteiger partial charge >= 0.3 is 0 Å². The normalized spacial score (nSPS) is 14.0. The first-order valence-electron chi connectivity index (χ1n) is 6.33. The van der Waals surface area contributed by atoms with Gasteiger partial charge in [0.05, 0.1) is 10.5 Å². The summed E-state index contributed by atoms with van der Waals surface area (Å²) in [6.45, 7) is 0. The zero-order valence-corrected chi connectivity index (χ0v) is 11.8. The molecule has 2 aromatic rings. The van der Waals surface area contributed by atoms with E-state index in [1.165, 1.54) is 24.3 Å². The Balaban J connectivity index is 2.14. The molecule has 1 aliphatic rings. The van der Waals surface area contributed by atoms with Crippen molar-refractivity contribution in [3.05, 3.63) is 80.4 Å². The maximum absolute atomic E-state index is 12.6. The van der Waals surface area contributed by atoms with Gasteiger partial charge in [0.2, 0.25) is 5.78 Å². The first-order valence-corrected chi connectivity index (χ1v) is 6.71. The highest BCUT2D eigenvalue weighted by molar-refractivity contribution is 6.56. The van der Waals surface area contributed by atoms with Gasteiger partial charge in [-0.05, 0) is 17.7 Å². The van der Waals surface area contributed by atoms with Gasteiger partial charge in [0.15, 0.2) is 5.78 Å². The van der Waals surface area contributed by atoms with Crippen LogP contribution in [0.15, 0.2) is 53.6 Å². The second kappa shape index (κ2) is 5.20. The molecule has 0 heterocycles. The molecule has 0 aliphatic heterocycles. The first kappa shape index (κ1) is 14.2. The minimum absolute atomic E-state index is 0.0697. The Morgan fingerprint density at radius 1 is 0.864 bits per heavy atom. The first-order chi connectivity index (χ1) is 10.5. The summed E-state index contributed by atoms with van der Waals surface area (Å²) < 4.78 is 0. The second-order valence-electron chi connectivity index (χ2n) is 4.70. The lowest BCUT2D eigenvalue weighted by Crippen LogP contribution is -2.19. The quantitative estimate of drug-likeness (QED) is 0.626. The Morgan fingerprint density at radius 3 is 1.95 bits per heavy atom. The second-order valence-corrected chi connectivity index (χ2v) is 5.07. The van der Waals surface area contributed by atoms with Crippen LogP contribution in [-0.2, 0) is 0 Å². The third-order valence-corrected chi connectivity index (χ3v) is 3.79. The summed E-state index contributed by atoms with van der Waals surface area (Å²) >= 11 is 6.07. The van der Waals surface area contributed by atoms with E-state index in [-0.39, 0.29) is 33.2 Å². The summed E-state index contributed by atoms with van der Waals surface area (Å²) in [5, 5.41) is 10.5. The minimum atomic E-state index is -0.539. The molecule has 6 heteroatoms. The van der Waals surface area contributed by atoms with E-state index >= 15 is 0 Å². The van der Waals surface area contributed by atoms with Gasteiger partial charge in [-0.15, -0.1) is 0 Å². The number of halogens is 1. The van der Waals surface area contributed by atoms with Crippen molar-refractivity contribution in [2.24, 2.45) is 0 Å². The average molecular weight is 314 g/mol. The van der Waals surface area contributed by atoms with E-state index in [1.807, 2.05) is 0 Å². The number of carbonyl (C=O) groups excluding carboxylic acids is 2. The Bertz CT molecular complexity index is 853. The average Bonchev–Trinajstić information content (AvgIpc) is 2.53. The number of benzene rings is 2. The van der Waals surface area contributed by atoms with Crippen molar-refractivity contribution in [2.45, 2.75) is 0 Å². The molecule has 0 unspecified atom stereocenters. The molecule has 0 saturated carbocycles. The monoisotopic (exact) mass is 313 g/mol. The molecule has 0 fully saturated rings. The van der Waals surface area contributed by atoms with Gasteiger partial charge in [-0.3, -0.25) is 19.7 Å². The molecule has 108 valence electrons. The maximum atomic E-state index is 12.6. The van der Waals surface area contributed by atoms with Crippen molar-refractivity contribution in [3.8, 4) is 0 Å². The lowest BCUT2D eigenvalue weighted by atomic mass is 9.86. The van der Waals surface area contributed by atoms with Crippen LogP contribution in [0.1, 0.15) is 26.3 Å². The van der Waals surface area contributed by atoms with Gasteiger partial charge in [0.1, 0.15) is 5.03 Å². The zero-order chi connectivity index (χ0) is 15.9. The summed E-state index contributed by atoms with van der Waals surface area (Å²) in [6, 6.07) is 11.8. The number of ketones is 2. The Labute approximate surface area is 130 Å². The number of allylic oxidation sites excluding steroid dienone is 2. The molecule has 0 amide bonds.